The monoisotopic (exact) mass is 352 g/mol. The zero-order valence-electron chi connectivity index (χ0n) is 13.0. The fraction of sp³-hybridized carbons (Fsp3) is 0. The zero-order valence-corrected chi connectivity index (χ0v) is 13.8. The van der Waals surface area contributed by atoms with E-state index >= 15 is 0 Å². The molecule has 0 aliphatic heterocycles. The van der Waals surface area contributed by atoms with Crippen LogP contribution in [0.15, 0.2) is 78.9 Å². The van der Waals surface area contributed by atoms with E-state index in [-0.39, 0.29) is 11.3 Å². The highest BCUT2D eigenvalue weighted by Gasteiger charge is 2.19. The van der Waals surface area contributed by atoms with Crippen molar-refractivity contribution in [3.63, 3.8) is 0 Å². The molecule has 0 fully saturated rings. The smallest absolute Gasteiger partial charge is 0.347 e. The van der Waals surface area contributed by atoms with Crippen LogP contribution in [0.3, 0.4) is 0 Å². The van der Waals surface area contributed by atoms with E-state index in [1.54, 1.807) is 54.6 Å². The Kier molecular flexibility index (Phi) is 5.11. The van der Waals surface area contributed by atoms with Gasteiger partial charge < -0.3 is 9.47 Å². The van der Waals surface area contributed by atoms with Gasteiger partial charge in [-0.2, -0.15) is 0 Å². The van der Waals surface area contributed by atoms with Crippen LogP contribution in [0.25, 0.3) is 0 Å². The first-order valence-corrected chi connectivity index (χ1v) is 7.85. The Morgan fingerprint density at radius 3 is 2.04 bits per heavy atom. The molecule has 0 aromatic heterocycles. The predicted octanol–water partition coefficient (Wildman–Crippen LogP) is 4.78. The van der Waals surface area contributed by atoms with E-state index < -0.39 is 11.9 Å². The maximum Gasteiger partial charge on any atom is 0.347 e. The number of ether oxygens (including phenoxy) is 2. The number of para-hydroxylation sites is 1. The van der Waals surface area contributed by atoms with Gasteiger partial charge in [-0.25, -0.2) is 9.59 Å². The van der Waals surface area contributed by atoms with Crippen LogP contribution >= 0.6 is 11.6 Å². The van der Waals surface area contributed by atoms with Crippen LogP contribution in [0, 0.1) is 0 Å². The van der Waals surface area contributed by atoms with Gasteiger partial charge >= 0.3 is 11.9 Å². The van der Waals surface area contributed by atoms with E-state index in [0.717, 1.165) is 0 Å². The third-order valence-electron chi connectivity index (χ3n) is 3.33. The number of hydrogen-bond donors (Lipinski definition) is 0. The lowest BCUT2D eigenvalue weighted by atomic mass is 10.2. The van der Waals surface area contributed by atoms with Crippen molar-refractivity contribution in [2.45, 2.75) is 0 Å². The highest BCUT2D eigenvalue weighted by molar-refractivity contribution is 6.31. The molecule has 0 unspecified atom stereocenters. The molecule has 0 saturated carbocycles. The van der Waals surface area contributed by atoms with Crippen molar-refractivity contribution in [3.8, 4) is 11.5 Å². The topological polar surface area (TPSA) is 52.6 Å². The number of halogens is 1. The quantitative estimate of drug-likeness (QED) is 0.501. The van der Waals surface area contributed by atoms with Crippen molar-refractivity contribution >= 4 is 23.5 Å². The molecule has 0 saturated heterocycles. The van der Waals surface area contributed by atoms with Gasteiger partial charge in [0.25, 0.3) is 0 Å². The molecule has 0 N–H and O–H groups in total. The summed E-state index contributed by atoms with van der Waals surface area (Å²) in [7, 11) is 0. The van der Waals surface area contributed by atoms with Crippen molar-refractivity contribution in [1.82, 2.24) is 0 Å². The molecule has 124 valence electrons. The molecule has 5 heteroatoms. The van der Waals surface area contributed by atoms with Gasteiger partial charge in [-0.1, -0.05) is 48.0 Å². The van der Waals surface area contributed by atoms with E-state index in [4.69, 9.17) is 21.1 Å². The number of benzene rings is 3. The normalized spacial score (nSPS) is 10.1. The lowest BCUT2D eigenvalue weighted by molar-refractivity contribution is 0.0707. The highest BCUT2D eigenvalue weighted by Crippen LogP contribution is 2.25. The summed E-state index contributed by atoms with van der Waals surface area (Å²) in [5, 5.41) is 0.333. The molecule has 3 rings (SSSR count). The SMILES string of the molecule is O=C(Oc1ccc(Cl)cc1C(=O)Oc1ccccc1)c1ccccc1. The van der Waals surface area contributed by atoms with Crippen molar-refractivity contribution in [1.29, 1.82) is 0 Å². The van der Waals surface area contributed by atoms with Crippen molar-refractivity contribution in [2.24, 2.45) is 0 Å². The lowest BCUT2D eigenvalue weighted by Crippen LogP contribution is -2.14. The minimum Gasteiger partial charge on any atom is -0.423 e. The Bertz CT molecular complexity index is 892. The molecular weight excluding hydrogens is 340 g/mol. The molecule has 25 heavy (non-hydrogen) atoms. The van der Waals surface area contributed by atoms with E-state index in [2.05, 4.69) is 0 Å². The Labute approximate surface area is 149 Å². The van der Waals surface area contributed by atoms with Crippen LogP contribution in [0.5, 0.6) is 11.5 Å². The van der Waals surface area contributed by atoms with E-state index in [0.29, 0.717) is 16.3 Å². The van der Waals surface area contributed by atoms with E-state index in [9.17, 15) is 9.59 Å². The molecular formula is C20H13ClO4. The average molecular weight is 353 g/mol. The zero-order chi connectivity index (χ0) is 17.6. The van der Waals surface area contributed by atoms with Crippen molar-refractivity contribution < 1.29 is 19.1 Å². The van der Waals surface area contributed by atoms with Crippen LogP contribution in [-0.4, -0.2) is 11.9 Å². The van der Waals surface area contributed by atoms with E-state index in [1.807, 2.05) is 6.07 Å². The van der Waals surface area contributed by atoms with Crippen molar-refractivity contribution in [2.75, 3.05) is 0 Å². The number of esters is 2. The number of carbonyl (C=O) groups excluding carboxylic acids is 2. The first-order valence-electron chi connectivity index (χ1n) is 7.47. The van der Waals surface area contributed by atoms with Gasteiger partial charge in [-0.05, 0) is 42.5 Å². The summed E-state index contributed by atoms with van der Waals surface area (Å²) in [6.45, 7) is 0. The summed E-state index contributed by atoms with van der Waals surface area (Å²) in [6.07, 6.45) is 0. The first-order chi connectivity index (χ1) is 12.1. The maximum atomic E-state index is 12.4. The molecule has 3 aromatic rings. The average Bonchev–Trinajstić information content (AvgIpc) is 2.64. The molecule has 0 aliphatic carbocycles. The first kappa shape index (κ1) is 16.7. The molecule has 0 atom stereocenters. The Morgan fingerprint density at radius 1 is 0.720 bits per heavy atom. The minimum absolute atomic E-state index is 0.0700. The molecule has 0 amide bonds. The number of carbonyl (C=O) groups is 2. The van der Waals surface area contributed by atoms with Gasteiger partial charge in [-0.3, -0.25) is 0 Å². The molecule has 0 aliphatic rings. The molecule has 3 aromatic carbocycles. The summed E-state index contributed by atoms with van der Waals surface area (Å²) in [5.74, 6) is -0.770. The fourth-order valence-corrected chi connectivity index (χ4v) is 2.31. The molecule has 0 bridgehead atoms. The van der Waals surface area contributed by atoms with Gasteiger partial charge in [0.15, 0.2) is 0 Å². The van der Waals surface area contributed by atoms with Crippen molar-refractivity contribution in [3.05, 3.63) is 95.0 Å². The minimum atomic E-state index is -0.662. The Hall–Kier alpha value is -3.11. The van der Waals surface area contributed by atoms with Crippen LogP contribution in [0.4, 0.5) is 0 Å². The summed E-state index contributed by atoms with van der Waals surface area (Å²) < 4.78 is 10.6. The number of hydrogen-bond acceptors (Lipinski definition) is 4. The van der Waals surface area contributed by atoms with Crippen LogP contribution in [0.1, 0.15) is 20.7 Å². The van der Waals surface area contributed by atoms with E-state index in [1.165, 1.54) is 18.2 Å². The van der Waals surface area contributed by atoms with Gasteiger partial charge in [0.05, 0.1) is 5.56 Å². The van der Waals surface area contributed by atoms with Crippen LogP contribution < -0.4 is 9.47 Å². The van der Waals surface area contributed by atoms with Gasteiger partial charge in [0.2, 0.25) is 0 Å². The molecule has 4 nitrogen and oxygen atoms in total. The second-order valence-electron chi connectivity index (χ2n) is 5.10. The van der Waals surface area contributed by atoms with Crippen LogP contribution in [0.2, 0.25) is 5.02 Å². The highest BCUT2D eigenvalue weighted by atomic mass is 35.5. The van der Waals surface area contributed by atoms with Gasteiger partial charge in [0.1, 0.15) is 17.1 Å². The predicted molar refractivity (Wildman–Crippen MR) is 94.3 cm³/mol. The lowest BCUT2D eigenvalue weighted by Gasteiger charge is -2.10. The van der Waals surface area contributed by atoms with Crippen LogP contribution in [-0.2, 0) is 0 Å². The number of rotatable bonds is 4. The second kappa shape index (κ2) is 7.64. The summed E-state index contributed by atoms with van der Waals surface area (Å²) in [4.78, 5) is 24.7. The standard InChI is InChI=1S/C20H13ClO4/c21-15-11-12-18(25-19(22)14-7-3-1-4-8-14)17(13-15)20(23)24-16-9-5-2-6-10-16/h1-13H. The second-order valence-corrected chi connectivity index (χ2v) is 5.54. The molecule has 0 heterocycles. The van der Waals surface area contributed by atoms with Gasteiger partial charge in [-0.15, -0.1) is 0 Å². The largest absolute Gasteiger partial charge is 0.423 e. The summed E-state index contributed by atoms with van der Waals surface area (Å²) in [6, 6.07) is 21.5. The van der Waals surface area contributed by atoms with Gasteiger partial charge in [0, 0.05) is 5.02 Å². The maximum absolute atomic E-state index is 12.4. The fourth-order valence-electron chi connectivity index (χ4n) is 2.13. The third kappa shape index (κ3) is 4.25. The summed E-state index contributed by atoms with van der Waals surface area (Å²) in [5.41, 5.74) is 0.445. The molecule has 0 radical (unpaired) electrons. The Morgan fingerprint density at radius 2 is 1.36 bits per heavy atom. The third-order valence-corrected chi connectivity index (χ3v) is 3.56. The summed E-state index contributed by atoms with van der Waals surface area (Å²) >= 11 is 5.97. The Balaban J connectivity index is 1.85. The molecule has 0 spiro atoms.